The highest BCUT2D eigenvalue weighted by Gasteiger charge is 2.27. The molecule has 0 fully saturated rings. The molecule has 0 saturated carbocycles. The standard InChI is InChI=1S/C24H23ClN4O2/c25-20-7-5-17(6-8-20)13-23(30)27-11-12-29-21(16-27)14-22(26-29)24(31)28-10-9-18-3-1-2-4-19(18)15-28/h1-8,14H,9-13,15-16H2. The van der Waals surface area contributed by atoms with Gasteiger partial charge in [-0.25, -0.2) is 0 Å². The Morgan fingerprint density at radius 3 is 2.48 bits per heavy atom. The number of amides is 2. The topological polar surface area (TPSA) is 58.4 Å². The van der Waals surface area contributed by atoms with E-state index in [4.69, 9.17) is 11.6 Å². The number of hydrogen-bond donors (Lipinski definition) is 0. The number of carbonyl (C=O) groups excluding carboxylic acids is 2. The molecule has 0 unspecified atom stereocenters. The van der Waals surface area contributed by atoms with Crippen molar-refractivity contribution in [2.24, 2.45) is 0 Å². The van der Waals surface area contributed by atoms with E-state index < -0.39 is 0 Å². The van der Waals surface area contributed by atoms with Crippen molar-refractivity contribution in [2.75, 3.05) is 13.1 Å². The largest absolute Gasteiger partial charge is 0.335 e. The van der Waals surface area contributed by atoms with Crippen molar-refractivity contribution in [3.8, 4) is 0 Å². The van der Waals surface area contributed by atoms with Crippen LogP contribution in [0.1, 0.15) is 32.9 Å². The van der Waals surface area contributed by atoms with Gasteiger partial charge < -0.3 is 9.80 Å². The van der Waals surface area contributed by atoms with Gasteiger partial charge >= 0.3 is 0 Å². The van der Waals surface area contributed by atoms with Gasteiger partial charge in [0.25, 0.3) is 5.91 Å². The number of benzene rings is 2. The molecule has 0 saturated heterocycles. The van der Waals surface area contributed by atoms with Gasteiger partial charge in [0, 0.05) is 24.7 Å². The Labute approximate surface area is 186 Å². The van der Waals surface area contributed by atoms with Crippen LogP contribution in [0.2, 0.25) is 5.02 Å². The highest BCUT2D eigenvalue weighted by atomic mass is 35.5. The zero-order chi connectivity index (χ0) is 21.4. The third-order valence-electron chi connectivity index (χ3n) is 6.06. The summed E-state index contributed by atoms with van der Waals surface area (Å²) < 4.78 is 1.86. The highest BCUT2D eigenvalue weighted by molar-refractivity contribution is 6.30. The zero-order valence-electron chi connectivity index (χ0n) is 17.1. The van der Waals surface area contributed by atoms with Gasteiger partial charge in [-0.1, -0.05) is 48.0 Å². The van der Waals surface area contributed by atoms with Gasteiger partial charge in [0.15, 0.2) is 5.69 Å². The van der Waals surface area contributed by atoms with Crippen molar-refractivity contribution >= 4 is 23.4 Å². The van der Waals surface area contributed by atoms with Crippen molar-refractivity contribution in [1.29, 1.82) is 0 Å². The van der Waals surface area contributed by atoms with Crippen LogP contribution in [0, 0.1) is 0 Å². The first-order valence-electron chi connectivity index (χ1n) is 10.5. The summed E-state index contributed by atoms with van der Waals surface area (Å²) in [5.41, 5.74) is 4.81. The number of nitrogens with zero attached hydrogens (tertiary/aromatic N) is 4. The zero-order valence-corrected chi connectivity index (χ0v) is 17.9. The smallest absolute Gasteiger partial charge is 0.274 e. The van der Waals surface area contributed by atoms with Crippen molar-refractivity contribution in [1.82, 2.24) is 19.6 Å². The highest BCUT2D eigenvalue weighted by Crippen LogP contribution is 2.22. The molecule has 158 valence electrons. The van der Waals surface area contributed by atoms with Gasteiger partial charge in [-0.2, -0.15) is 5.10 Å². The molecule has 3 aromatic rings. The molecule has 2 amide bonds. The Morgan fingerprint density at radius 1 is 0.903 bits per heavy atom. The molecule has 0 N–H and O–H groups in total. The Morgan fingerprint density at radius 2 is 1.68 bits per heavy atom. The van der Waals surface area contributed by atoms with Gasteiger partial charge in [-0.05, 0) is 41.3 Å². The van der Waals surface area contributed by atoms with Crippen LogP contribution in [0.3, 0.4) is 0 Å². The minimum absolute atomic E-state index is 0.0459. The van der Waals surface area contributed by atoms with Crippen LogP contribution >= 0.6 is 11.6 Å². The summed E-state index contributed by atoms with van der Waals surface area (Å²) in [6.45, 7) is 2.96. The van der Waals surface area contributed by atoms with E-state index in [0.717, 1.165) is 17.7 Å². The first kappa shape index (κ1) is 19.8. The maximum absolute atomic E-state index is 13.1. The number of hydrogen-bond acceptors (Lipinski definition) is 3. The molecule has 0 aliphatic carbocycles. The second-order valence-electron chi connectivity index (χ2n) is 8.11. The van der Waals surface area contributed by atoms with Gasteiger partial charge in [0.05, 0.1) is 25.2 Å². The van der Waals surface area contributed by atoms with Crippen molar-refractivity contribution in [2.45, 2.75) is 32.5 Å². The van der Waals surface area contributed by atoms with E-state index in [9.17, 15) is 9.59 Å². The number of halogens is 1. The molecule has 0 atom stereocenters. The lowest BCUT2D eigenvalue weighted by Crippen LogP contribution is -2.39. The molecule has 1 aromatic heterocycles. The van der Waals surface area contributed by atoms with E-state index in [1.165, 1.54) is 11.1 Å². The van der Waals surface area contributed by atoms with E-state index in [1.807, 2.05) is 44.8 Å². The fourth-order valence-electron chi connectivity index (χ4n) is 4.30. The third-order valence-corrected chi connectivity index (χ3v) is 6.31. The van der Waals surface area contributed by atoms with Crippen LogP contribution in [0.15, 0.2) is 54.6 Å². The van der Waals surface area contributed by atoms with Crippen molar-refractivity contribution < 1.29 is 9.59 Å². The molecule has 5 rings (SSSR count). The fraction of sp³-hybridized carbons (Fsp3) is 0.292. The Hall–Kier alpha value is -3.12. The Kier molecular flexibility index (Phi) is 5.24. The summed E-state index contributed by atoms with van der Waals surface area (Å²) in [7, 11) is 0. The number of rotatable bonds is 3. The molecule has 0 spiro atoms. The summed E-state index contributed by atoms with van der Waals surface area (Å²) in [6.07, 6.45) is 1.20. The van der Waals surface area contributed by atoms with E-state index in [0.29, 0.717) is 49.9 Å². The maximum atomic E-state index is 13.1. The normalized spacial score (nSPS) is 15.4. The SMILES string of the molecule is O=C(Cc1ccc(Cl)cc1)N1CCn2nc(C(=O)N3CCc4ccccc4C3)cc2C1. The predicted octanol–water partition coefficient (Wildman–Crippen LogP) is 3.32. The molecule has 31 heavy (non-hydrogen) atoms. The molecule has 6 nitrogen and oxygen atoms in total. The van der Waals surface area contributed by atoms with E-state index in [2.05, 4.69) is 17.2 Å². The predicted molar refractivity (Wildman–Crippen MR) is 118 cm³/mol. The summed E-state index contributed by atoms with van der Waals surface area (Å²) in [4.78, 5) is 29.5. The van der Waals surface area contributed by atoms with E-state index in [-0.39, 0.29) is 11.8 Å². The average molecular weight is 435 g/mol. The van der Waals surface area contributed by atoms with Crippen molar-refractivity contribution in [3.05, 3.63) is 87.7 Å². The summed E-state index contributed by atoms with van der Waals surface area (Å²) in [5.74, 6) is 0.0192. The van der Waals surface area contributed by atoms with Crippen LogP contribution in [0.5, 0.6) is 0 Å². The van der Waals surface area contributed by atoms with Crippen molar-refractivity contribution in [3.63, 3.8) is 0 Å². The van der Waals surface area contributed by atoms with E-state index >= 15 is 0 Å². The second-order valence-corrected chi connectivity index (χ2v) is 8.54. The summed E-state index contributed by atoms with van der Waals surface area (Å²) in [6, 6.07) is 17.4. The third kappa shape index (κ3) is 4.08. The maximum Gasteiger partial charge on any atom is 0.274 e. The molecule has 2 aliphatic rings. The molecule has 0 radical (unpaired) electrons. The number of fused-ring (bicyclic) bond motifs is 2. The molecular weight excluding hydrogens is 412 g/mol. The first-order chi connectivity index (χ1) is 15.1. The average Bonchev–Trinajstić information content (AvgIpc) is 3.23. The fourth-order valence-corrected chi connectivity index (χ4v) is 4.43. The van der Waals surface area contributed by atoms with Crippen LogP contribution in [0.25, 0.3) is 0 Å². The number of aromatic nitrogens is 2. The van der Waals surface area contributed by atoms with Gasteiger partial charge in [-0.3, -0.25) is 14.3 Å². The molecule has 2 aromatic carbocycles. The minimum atomic E-state index is -0.0459. The number of carbonyl (C=O) groups is 2. The van der Waals surface area contributed by atoms with Crippen LogP contribution in [-0.4, -0.2) is 44.5 Å². The second kappa shape index (κ2) is 8.19. The molecular formula is C24H23ClN4O2. The summed E-state index contributed by atoms with van der Waals surface area (Å²) in [5, 5.41) is 5.20. The summed E-state index contributed by atoms with van der Waals surface area (Å²) >= 11 is 5.93. The van der Waals surface area contributed by atoms with Gasteiger partial charge in [0.1, 0.15) is 0 Å². The van der Waals surface area contributed by atoms with Crippen LogP contribution < -0.4 is 0 Å². The van der Waals surface area contributed by atoms with Crippen LogP contribution in [0.4, 0.5) is 0 Å². The first-order valence-corrected chi connectivity index (χ1v) is 10.9. The molecule has 3 heterocycles. The molecule has 0 bridgehead atoms. The minimum Gasteiger partial charge on any atom is -0.335 e. The quantitative estimate of drug-likeness (QED) is 0.635. The monoisotopic (exact) mass is 434 g/mol. The lowest BCUT2D eigenvalue weighted by molar-refractivity contribution is -0.132. The lowest BCUT2D eigenvalue weighted by atomic mass is 10.00. The van der Waals surface area contributed by atoms with E-state index in [1.54, 1.807) is 12.1 Å². The van der Waals surface area contributed by atoms with Gasteiger partial charge in [0.2, 0.25) is 5.91 Å². The van der Waals surface area contributed by atoms with Gasteiger partial charge in [-0.15, -0.1) is 0 Å². The lowest BCUT2D eigenvalue weighted by Gasteiger charge is -2.28. The molecule has 2 aliphatic heterocycles. The van der Waals surface area contributed by atoms with Crippen LogP contribution in [-0.2, 0) is 37.3 Å². The Bertz CT molecular complexity index is 1140. The molecule has 7 heteroatoms. The Balaban J connectivity index is 1.26.